The second-order valence-corrected chi connectivity index (χ2v) is 6.27. The zero-order valence-corrected chi connectivity index (χ0v) is 16.0. The summed E-state index contributed by atoms with van der Waals surface area (Å²) in [4.78, 5) is 10.5. The van der Waals surface area contributed by atoms with E-state index in [4.69, 9.17) is 9.47 Å². The zero-order chi connectivity index (χ0) is 21.5. The Morgan fingerprint density at radius 3 is 2.63 bits per heavy atom. The molecule has 0 spiro atoms. The molecule has 0 saturated heterocycles. The Morgan fingerprint density at radius 2 is 1.93 bits per heavy atom. The van der Waals surface area contributed by atoms with Gasteiger partial charge in [-0.2, -0.15) is 5.26 Å². The van der Waals surface area contributed by atoms with Gasteiger partial charge in [0.2, 0.25) is 0 Å². The number of non-ortho nitro benzene ring substituents is 1. The summed E-state index contributed by atoms with van der Waals surface area (Å²) in [6.45, 7) is 0.0371. The summed E-state index contributed by atoms with van der Waals surface area (Å²) < 4.78 is 24.8. The van der Waals surface area contributed by atoms with E-state index in [2.05, 4.69) is 6.07 Å². The minimum atomic E-state index is -0.511. The van der Waals surface area contributed by atoms with Crippen LogP contribution in [0.4, 0.5) is 10.1 Å². The van der Waals surface area contributed by atoms with E-state index >= 15 is 0 Å². The van der Waals surface area contributed by atoms with Crippen LogP contribution in [-0.2, 0) is 6.61 Å². The van der Waals surface area contributed by atoms with E-state index in [1.54, 1.807) is 48.5 Å². The quantitative estimate of drug-likeness (QED) is 0.228. The lowest BCUT2D eigenvalue weighted by Gasteiger charge is -2.12. The standard InChI is InChI=1S/C23H17FN2O4/c1-29-23-12-16(9-10-22(23)30-15-18-5-2-3-8-21(18)24)11-19(14-25)17-6-4-7-20(13-17)26(27)28/h2-13H,15H2,1H3/b19-11-. The summed E-state index contributed by atoms with van der Waals surface area (Å²) in [7, 11) is 1.48. The molecule has 0 aliphatic rings. The molecule has 0 N–H and O–H groups in total. The number of ether oxygens (including phenoxy) is 2. The lowest BCUT2D eigenvalue weighted by atomic mass is 10.0. The molecule has 30 heavy (non-hydrogen) atoms. The van der Waals surface area contributed by atoms with Gasteiger partial charge in [0.05, 0.1) is 23.7 Å². The minimum absolute atomic E-state index is 0.0371. The van der Waals surface area contributed by atoms with Gasteiger partial charge in [-0.25, -0.2) is 4.39 Å². The fourth-order valence-corrected chi connectivity index (χ4v) is 2.80. The Bertz CT molecular complexity index is 1150. The van der Waals surface area contributed by atoms with Gasteiger partial charge in [0.1, 0.15) is 12.4 Å². The fourth-order valence-electron chi connectivity index (χ4n) is 2.80. The maximum Gasteiger partial charge on any atom is 0.270 e. The van der Waals surface area contributed by atoms with Gasteiger partial charge in [-0.3, -0.25) is 10.1 Å². The number of halogens is 1. The third-order valence-electron chi connectivity index (χ3n) is 4.33. The number of allylic oxidation sites excluding steroid dienone is 1. The molecule has 150 valence electrons. The highest BCUT2D eigenvalue weighted by Crippen LogP contribution is 2.31. The van der Waals surface area contributed by atoms with Gasteiger partial charge in [-0.1, -0.05) is 36.4 Å². The second-order valence-electron chi connectivity index (χ2n) is 6.27. The first-order chi connectivity index (χ1) is 14.5. The number of hydrogen-bond acceptors (Lipinski definition) is 5. The number of nitrogens with zero attached hydrogens (tertiary/aromatic N) is 2. The number of rotatable bonds is 7. The van der Waals surface area contributed by atoms with Crippen molar-refractivity contribution in [1.82, 2.24) is 0 Å². The maximum atomic E-state index is 13.8. The summed E-state index contributed by atoms with van der Waals surface area (Å²) in [6.07, 6.45) is 1.60. The van der Waals surface area contributed by atoms with Gasteiger partial charge in [0.15, 0.2) is 11.5 Å². The molecular formula is C23H17FN2O4. The molecule has 0 saturated carbocycles. The van der Waals surface area contributed by atoms with Crippen molar-refractivity contribution in [2.45, 2.75) is 6.61 Å². The SMILES string of the molecule is COc1cc(/C=C(/C#N)c2cccc([N+](=O)[O-])c2)ccc1OCc1ccccc1F. The molecular weight excluding hydrogens is 387 g/mol. The average molecular weight is 404 g/mol. The molecule has 0 heterocycles. The molecule has 0 aliphatic heterocycles. The Hall–Kier alpha value is -4.18. The van der Waals surface area contributed by atoms with Crippen LogP contribution >= 0.6 is 0 Å². The van der Waals surface area contributed by atoms with Gasteiger partial charge < -0.3 is 9.47 Å². The number of benzene rings is 3. The molecule has 3 aromatic carbocycles. The smallest absolute Gasteiger partial charge is 0.270 e. The van der Waals surface area contributed by atoms with Crippen LogP contribution < -0.4 is 9.47 Å². The predicted molar refractivity (Wildman–Crippen MR) is 110 cm³/mol. The van der Waals surface area contributed by atoms with Crippen molar-refractivity contribution in [3.8, 4) is 17.6 Å². The number of nitro groups is 1. The summed E-state index contributed by atoms with van der Waals surface area (Å²) in [5, 5.41) is 20.5. The monoisotopic (exact) mass is 404 g/mol. The first-order valence-corrected chi connectivity index (χ1v) is 8.92. The number of methoxy groups -OCH3 is 1. The largest absolute Gasteiger partial charge is 0.493 e. The second kappa shape index (κ2) is 9.34. The summed E-state index contributed by atoms with van der Waals surface area (Å²) in [6, 6.07) is 19.3. The van der Waals surface area contributed by atoms with Crippen LogP contribution in [0.25, 0.3) is 11.6 Å². The van der Waals surface area contributed by atoms with Crippen LogP contribution in [0.15, 0.2) is 66.7 Å². The van der Waals surface area contributed by atoms with E-state index in [1.807, 2.05) is 0 Å². The van der Waals surface area contributed by atoms with Crippen LogP contribution in [0.1, 0.15) is 16.7 Å². The van der Waals surface area contributed by atoms with E-state index in [-0.39, 0.29) is 23.7 Å². The molecule has 7 heteroatoms. The van der Waals surface area contributed by atoms with E-state index in [9.17, 15) is 19.8 Å². The van der Waals surface area contributed by atoms with Crippen molar-refractivity contribution in [2.24, 2.45) is 0 Å². The number of nitro benzene ring substituents is 1. The molecule has 3 aromatic rings. The molecule has 0 radical (unpaired) electrons. The molecule has 0 unspecified atom stereocenters. The van der Waals surface area contributed by atoms with Gasteiger partial charge >= 0.3 is 0 Å². The molecule has 0 aromatic heterocycles. The fraction of sp³-hybridized carbons (Fsp3) is 0.0870. The molecule has 0 aliphatic carbocycles. The van der Waals surface area contributed by atoms with Crippen molar-refractivity contribution in [3.05, 3.63) is 99.4 Å². The van der Waals surface area contributed by atoms with Gasteiger partial charge in [-0.05, 0) is 35.4 Å². The lowest BCUT2D eigenvalue weighted by Crippen LogP contribution is -2.00. The van der Waals surface area contributed by atoms with Crippen molar-refractivity contribution >= 4 is 17.3 Å². The Kier molecular flexibility index (Phi) is 6.40. The average Bonchev–Trinajstić information content (AvgIpc) is 2.77. The van der Waals surface area contributed by atoms with Crippen LogP contribution in [0, 0.1) is 27.3 Å². The summed E-state index contributed by atoms with van der Waals surface area (Å²) in [5.41, 5.74) is 1.67. The first kappa shape index (κ1) is 20.6. The maximum absolute atomic E-state index is 13.8. The number of hydrogen-bond donors (Lipinski definition) is 0. The normalized spacial score (nSPS) is 10.9. The highest BCUT2D eigenvalue weighted by Gasteiger charge is 2.11. The van der Waals surface area contributed by atoms with E-state index in [1.165, 1.54) is 31.4 Å². The van der Waals surface area contributed by atoms with Crippen LogP contribution in [-0.4, -0.2) is 12.0 Å². The van der Waals surface area contributed by atoms with Gasteiger partial charge in [0.25, 0.3) is 5.69 Å². The van der Waals surface area contributed by atoms with Gasteiger partial charge in [-0.15, -0.1) is 0 Å². The van der Waals surface area contributed by atoms with E-state index in [0.717, 1.165) is 0 Å². The Morgan fingerprint density at radius 1 is 1.13 bits per heavy atom. The van der Waals surface area contributed by atoms with Crippen LogP contribution in [0.2, 0.25) is 0 Å². The topological polar surface area (TPSA) is 85.4 Å². The first-order valence-electron chi connectivity index (χ1n) is 8.92. The molecule has 0 atom stereocenters. The third kappa shape index (κ3) is 4.80. The molecule has 0 amide bonds. The molecule has 0 fully saturated rings. The number of nitriles is 1. The molecule has 3 rings (SSSR count). The summed E-state index contributed by atoms with van der Waals surface area (Å²) in [5.74, 6) is 0.481. The van der Waals surface area contributed by atoms with Crippen molar-refractivity contribution < 1.29 is 18.8 Å². The van der Waals surface area contributed by atoms with E-state index < -0.39 is 4.92 Å². The summed E-state index contributed by atoms with van der Waals surface area (Å²) >= 11 is 0. The Labute approximate surface area is 172 Å². The zero-order valence-electron chi connectivity index (χ0n) is 16.0. The van der Waals surface area contributed by atoms with Crippen molar-refractivity contribution in [2.75, 3.05) is 7.11 Å². The lowest BCUT2D eigenvalue weighted by molar-refractivity contribution is -0.384. The minimum Gasteiger partial charge on any atom is -0.493 e. The molecule has 6 nitrogen and oxygen atoms in total. The highest BCUT2D eigenvalue weighted by molar-refractivity contribution is 5.90. The predicted octanol–water partition coefficient (Wildman–Crippen LogP) is 5.39. The van der Waals surface area contributed by atoms with Crippen LogP contribution in [0.5, 0.6) is 11.5 Å². The van der Waals surface area contributed by atoms with E-state index in [0.29, 0.717) is 28.2 Å². The van der Waals surface area contributed by atoms with Crippen LogP contribution in [0.3, 0.4) is 0 Å². The third-order valence-corrected chi connectivity index (χ3v) is 4.33. The van der Waals surface area contributed by atoms with Gasteiger partial charge in [0, 0.05) is 17.7 Å². The highest BCUT2D eigenvalue weighted by atomic mass is 19.1. The van der Waals surface area contributed by atoms with Crippen molar-refractivity contribution in [3.63, 3.8) is 0 Å². The molecule has 0 bridgehead atoms. The Balaban J connectivity index is 1.86. The van der Waals surface area contributed by atoms with Crippen molar-refractivity contribution in [1.29, 1.82) is 5.26 Å².